The van der Waals surface area contributed by atoms with Gasteiger partial charge in [-0.25, -0.2) is 0 Å². The van der Waals surface area contributed by atoms with Crippen LogP contribution in [0.5, 0.6) is 0 Å². The van der Waals surface area contributed by atoms with E-state index in [1.54, 1.807) is 22.3 Å². The molecular weight excluding hydrogens is 468 g/mol. The summed E-state index contributed by atoms with van der Waals surface area (Å²) in [6, 6.07) is 9.67. The molecule has 0 N–H and O–H groups in total. The van der Waals surface area contributed by atoms with Gasteiger partial charge in [-0.1, -0.05) is 156 Å². The Kier molecular flexibility index (Phi) is 8.94. The van der Waals surface area contributed by atoms with Gasteiger partial charge in [0, 0.05) is 0 Å². The highest BCUT2D eigenvalue weighted by atomic mass is 14.4. The first-order valence-corrected chi connectivity index (χ1v) is 15.4. The summed E-state index contributed by atoms with van der Waals surface area (Å²) in [5.41, 5.74) is 12.8. The SMILES string of the molecule is CC(Cc1c(C(C)(C)C)cccc1C(C)(C)C)c1c(C(C)(C)C)cc(C(C)(C)C)c(C(C)(C)C)c1C(C)(C)C. The monoisotopic (exact) mass is 533 g/mol. The first kappa shape index (κ1) is 33.6. The summed E-state index contributed by atoms with van der Waals surface area (Å²) in [6.45, 7) is 45.8. The van der Waals surface area contributed by atoms with Gasteiger partial charge in [-0.2, -0.15) is 0 Å². The summed E-state index contributed by atoms with van der Waals surface area (Å²) in [6.07, 6.45) is 1.06. The van der Waals surface area contributed by atoms with Crippen molar-refractivity contribution >= 4 is 0 Å². The van der Waals surface area contributed by atoms with Crippen LogP contribution in [0.4, 0.5) is 0 Å². The molecule has 1 unspecified atom stereocenters. The molecule has 0 saturated heterocycles. The average molecular weight is 533 g/mol. The quantitative estimate of drug-likeness (QED) is 0.369. The van der Waals surface area contributed by atoms with Gasteiger partial charge in [0.05, 0.1) is 0 Å². The Morgan fingerprint density at radius 2 is 0.821 bits per heavy atom. The van der Waals surface area contributed by atoms with E-state index in [0.29, 0.717) is 5.92 Å². The predicted octanol–water partition coefficient (Wildman–Crippen LogP) is 11.8. The van der Waals surface area contributed by atoms with Crippen molar-refractivity contribution in [3.05, 3.63) is 68.8 Å². The van der Waals surface area contributed by atoms with Crippen LogP contribution in [0.2, 0.25) is 0 Å². The zero-order chi connectivity index (χ0) is 30.7. The summed E-state index contributed by atoms with van der Waals surface area (Å²) < 4.78 is 0. The van der Waals surface area contributed by atoms with Gasteiger partial charge >= 0.3 is 0 Å². The first-order valence-electron chi connectivity index (χ1n) is 15.4. The normalized spacial score (nSPS) is 15.1. The molecule has 0 nitrogen and oxygen atoms in total. The lowest BCUT2D eigenvalue weighted by Crippen LogP contribution is -2.33. The third-order valence-corrected chi connectivity index (χ3v) is 8.28. The van der Waals surface area contributed by atoms with Crippen molar-refractivity contribution in [3.63, 3.8) is 0 Å². The largest absolute Gasteiger partial charge is 0.0617 e. The highest BCUT2D eigenvalue weighted by Crippen LogP contribution is 2.49. The van der Waals surface area contributed by atoms with Crippen LogP contribution in [-0.4, -0.2) is 0 Å². The molecule has 1 atom stereocenters. The van der Waals surface area contributed by atoms with Crippen LogP contribution in [-0.2, 0) is 38.9 Å². The van der Waals surface area contributed by atoms with Crippen molar-refractivity contribution in [2.75, 3.05) is 0 Å². The highest BCUT2D eigenvalue weighted by molar-refractivity contribution is 5.58. The van der Waals surface area contributed by atoms with Gasteiger partial charge in [-0.3, -0.25) is 0 Å². The molecule has 0 aliphatic rings. The van der Waals surface area contributed by atoms with E-state index >= 15 is 0 Å². The molecule has 0 heterocycles. The van der Waals surface area contributed by atoms with Crippen molar-refractivity contribution in [1.29, 1.82) is 0 Å². The van der Waals surface area contributed by atoms with Crippen LogP contribution in [0.25, 0.3) is 0 Å². The van der Waals surface area contributed by atoms with Gasteiger partial charge in [0.2, 0.25) is 0 Å². The Morgan fingerprint density at radius 3 is 1.13 bits per heavy atom. The van der Waals surface area contributed by atoms with Crippen LogP contribution in [0.1, 0.15) is 182 Å². The van der Waals surface area contributed by atoms with Gasteiger partial charge in [0.1, 0.15) is 0 Å². The third-order valence-electron chi connectivity index (χ3n) is 8.28. The molecular formula is C39H64. The van der Waals surface area contributed by atoms with E-state index in [9.17, 15) is 0 Å². The van der Waals surface area contributed by atoms with Gasteiger partial charge < -0.3 is 0 Å². The molecule has 0 bridgehead atoms. The van der Waals surface area contributed by atoms with E-state index in [-0.39, 0.29) is 32.5 Å². The molecule has 2 aromatic rings. The van der Waals surface area contributed by atoms with E-state index in [4.69, 9.17) is 0 Å². The van der Waals surface area contributed by atoms with Gasteiger partial charge in [-0.05, 0) is 89.3 Å². The Labute approximate surface area is 244 Å². The average Bonchev–Trinajstić information content (AvgIpc) is 2.67. The number of hydrogen-bond acceptors (Lipinski definition) is 0. The van der Waals surface area contributed by atoms with Crippen molar-refractivity contribution in [2.45, 2.75) is 176 Å². The van der Waals surface area contributed by atoms with Crippen molar-refractivity contribution in [1.82, 2.24) is 0 Å². The van der Waals surface area contributed by atoms with Crippen LogP contribution in [0, 0.1) is 0 Å². The van der Waals surface area contributed by atoms with Crippen LogP contribution in [0.3, 0.4) is 0 Å². The molecule has 220 valence electrons. The minimum Gasteiger partial charge on any atom is -0.0617 e. The second-order valence-corrected chi connectivity index (χ2v) is 18.6. The molecule has 0 radical (unpaired) electrons. The van der Waals surface area contributed by atoms with Crippen LogP contribution >= 0.6 is 0 Å². The maximum atomic E-state index is 2.61. The van der Waals surface area contributed by atoms with Gasteiger partial charge in [-0.15, -0.1) is 0 Å². The van der Waals surface area contributed by atoms with Crippen molar-refractivity contribution in [3.8, 4) is 0 Å². The molecule has 2 aromatic carbocycles. The predicted molar refractivity (Wildman–Crippen MR) is 177 cm³/mol. The Morgan fingerprint density at radius 1 is 0.462 bits per heavy atom. The fraction of sp³-hybridized carbons (Fsp3) is 0.692. The Bertz CT molecular complexity index is 1130. The van der Waals surface area contributed by atoms with E-state index in [1.807, 2.05) is 0 Å². The van der Waals surface area contributed by atoms with Crippen molar-refractivity contribution < 1.29 is 0 Å². The minimum absolute atomic E-state index is 0.0316. The molecule has 2 rings (SSSR count). The molecule has 0 spiro atoms. The maximum absolute atomic E-state index is 2.61. The number of hydrogen-bond donors (Lipinski definition) is 0. The number of rotatable bonds is 3. The fourth-order valence-corrected chi connectivity index (χ4v) is 6.60. The van der Waals surface area contributed by atoms with Crippen LogP contribution < -0.4 is 0 Å². The zero-order valence-electron chi connectivity index (χ0n) is 29.6. The lowest BCUT2D eigenvalue weighted by atomic mass is 9.62. The molecule has 0 aromatic heterocycles. The maximum Gasteiger partial charge on any atom is -0.0126 e. The van der Waals surface area contributed by atoms with Gasteiger partial charge in [0.15, 0.2) is 0 Å². The van der Waals surface area contributed by atoms with Gasteiger partial charge in [0.25, 0.3) is 0 Å². The Balaban J connectivity index is 3.13. The summed E-state index contributed by atoms with van der Waals surface area (Å²) >= 11 is 0. The summed E-state index contributed by atoms with van der Waals surface area (Å²) in [5, 5.41) is 0. The molecule has 0 heteroatoms. The minimum atomic E-state index is 0.0316. The lowest BCUT2D eigenvalue weighted by molar-refractivity contribution is 0.477. The molecule has 0 fully saturated rings. The molecule has 0 aliphatic carbocycles. The highest BCUT2D eigenvalue weighted by Gasteiger charge is 2.38. The number of benzene rings is 2. The Hall–Kier alpha value is -1.56. The fourth-order valence-electron chi connectivity index (χ4n) is 6.60. The molecule has 0 saturated carbocycles. The van der Waals surface area contributed by atoms with Crippen molar-refractivity contribution in [2.24, 2.45) is 0 Å². The van der Waals surface area contributed by atoms with E-state index in [0.717, 1.165) is 6.42 Å². The van der Waals surface area contributed by atoms with E-state index < -0.39 is 0 Å². The standard InChI is InChI=1S/C39H64/c1-25(23-26-27(34(2,3)4)21-20-22-28(26)35(5,6)7)31-29(36(8,9)10)24-30(37(11,12)13)32(38(14,15)16)33(31)39(17,18)19/h20-22,24-25H,23H2,1-19H3. The smallest absolute Gasteiger partial charge is 0.0126 e. The topological polar surface area (TPSA) is 0 Å². The summed E-state index contributed by atoms with van der Waals surface area (Å²) in [4.78, 5) is 0. The molecule has 0 amide bonds. The molecule has 0 aliphatic heterocycles. The van der Waals surface area contributed by atoms with E-state index in [2.05, 4.69) is 156 Å². The summed E-state index contributed by atoms with van der Waals surface area (Å²) in [5.74, 6) is 0.396. The third kappa shape index (κ3) is 7.40. The first-order chi connectivity index (χ1) is 17.1. The molecule has 39 heavy (non-hydrogen) atoms. The van der Waals surface area contributed by atoms with E-state index in [1.165, 1.54) is 22.3 Å². The lowest BCUT2D eigenvalue weighted by Gasteiger charge is -2.42. The van der Waals surface area contributed by atoms with Crippen LogP contribution in [0.15, 0.2) is 24.3 Å². The second-order valence-electron chi connectivity index (χ2n) is 18.6. The summed E-state index contributed by atoms with van der Waals surface area (Å²) in [7, 11) is 0. The zero-order valence-corrected chi connectivity index (χ0v) is 29.6. The second kappa shape index (κ2) is 10.4.